The van der Waals surface area contributed by atoms with Crippen LogP contribution >= 0.6 is 0 Å². The lowest BCUT2D eigenvalue weighted by Gasteiger charge is -2.29. The predicted octanol–water partition coefficient (Wildman–Crippen LogP) is 0.199. The number of hydrogen-bond acceptors (Lipinski definition) is 4. The third kappa shape index (κ3) is 3.20. The van der Waals surface area contributed by atoms with Crippen LogP contribution in [0.2, 0.25) is 0 Å². The van der Waals surface area contributed by atoms with Crippen molar-refractivity contribution in [3.05, 3.63) is 0 Å². The van der Waals surface area contributed by atoms with Crippen molar-refractivity contribution in [3.8, 4) is 12.3 Å². The third-order valence-corrected chi connectivity index (χ3v) is 5.24. The second-order valence-electron chi connectivity index (χ2n) is 3.92. The van der Waals surface area contributed by atoms with Gasteiger partial charge in [-0.3, -0.25) is 11.3 Å². The summed E-state index contributed by atoms with van der Waals surface area (Å²) in [5.41, 5.74) is 2.59. The third-order valence-electron chi connectivity index (χ3n) is 2.89. The van der Waals surface area contributed by atoms with Crippen molar-refractivity contribution >= 4 is 9.84 Å². The molecule has 0 spiro atoms. The first kappa shape index (κ1) is 12.5. The van der Waals surface area contributed by atoms with E-state index in [4.69, 9.17) is 12.3 Å². The molecule has 0 saturated carbocycles. The largest absolute Gasteiger partial charge is 0.271 e. The van der Waals surface area contributed by atoms with Gasteiger partial charge < -0.3 is 0 Å². The minimum atomic E-state index is -2.98. The Balaban J connectivity index is 2.69. The molecule has 1 fully saturated rings. The SMILES string of the molecule is C#CCCC(NN)C1CCCCS1(=O)=O. The molecule has 15 heavy (non-hydrogen) atoms. The van der Waals surface area contributed by atoms with E-state index in [1.165, 1.54) is 0 Å². The van der Waals surface area contributed by atoms with Crippen molar-refractivity contribution in [1.29, 1.82) is 0 Å². The van der Waals surface area contributed by atoms with Crippen LogP contribution in [-0.4, -0.2) is 25.5 Å². The van der Waals surface area contributed by atoms with Gasteiger partial charge in [-0.1, -0.05) is 6.42 Å². The predicted molar refractivity (Wildman–Crippen MR) is 60.6 cm³/mol. The van der Waals surface area contributed by atoms with Crippen molar-refractivity contribution in [2.45, 2.75) is 43.4 Å². The lowest BCUT2D eigenvalue weighted by Crippen LogP contribution is -2.49. The Hall–Kier alpha value is -0.570. The van der Waals surface area contributed by atoms with Gasteiger partial charge in [0.1, 0.15) is 0 Å². The van der Waals surface area contributed by atoms with Crippen molar-refractivity contribution in [3.63, 3.8) is 0 Å². The Bertz CT molecular complexity index is 332. The molecular formula is C10H18N2O2S. The Morgan fingerprint density at radius 1 is 1.53 bits per heavy atom. The van der Waals surface area contributed by atoms with E-state index >= 15 is 0 Å². The van der Waals surface area contributed by atoms with Crippen LogP contribution in [0.4, 0.5) is 0 Å². The first-order valence-electron chi connectivity index (χ1n) is 5.23. The second kappa shape index (κ2) is 5.50. The summed E-state index contributed by atoms with van der Waals surface area (Å²) in [5.74, 6) is 8.17. The summed E-state index contributed by atoms with van der Waals surface area (Å²) in [6.45, 7) is 0. The molecular weight excluding hydrogens is 212 g/mol. The topological polar surface area (TPSA) is 72.2 Å². The van der Waals surface area contributed by atoms with Crippen LogP contribution in [0.3, 0.4) is 0 Å². The molecule has 2 unspecified atom stereocenters. The van der Waals surface area contributed by atoms with Gasteiger partial charge >= 0.3 is 0 Å². The van der Waals surface area contributed by atoms with Crippen LogP contribution in [-0.2, 0) is 9.84 Å². The second-order valence-corrected chi connectivity index (χ2v) is 6.26. The van der Waals surface area contributed by atoms with Crippen molar-refractivity contribution in [2.24, 2.45) is 5.84 Å². The minimum Gasteiger partial charge on any atom is -0.271 e. The molecule has 0 radical (unpaired) electrons. The van der Waals surface area contributed by atoms with E-state index in [2.05, 4.69) is 11.3 Å². The Labute approximate surface area is 91.5 Å². The van der Waals surface area contributed by atoms with Crippen molar-refractivity contribution in [2.75, 3.05) is 5.75 Å². The van der Waals surface area contributed by atoms with Crippen LogP contribution in [0.5, 0.6) is 0 Å². The van der Waals surface area contributed by atoms with Gasteiger partial charge in [-0.2, -0.15) is 0 Å². The van der Waals surface area contributed by atoms with E-state index in [1.807, 2.05) is 0 Å². The standard InChI is InChI=1S/C10H18N2O2S/c1-2-3-6-9(12-11)10-7-4-5-8-15(10,13)14/h1,9-10,12H,3-8,11H2. The van der Waals surface area contributed by atoms with Gasteiger partial charge in [-0.05, 0) is 19.3 Å². The molecule has 0 aliphatic carbocycles. The number of hydrazine groups is 1. The average molecular weight is 230 g/mol. The maximum Gasteiger partial charge on any atom is 0.154 e. The van der Waals surface area contributed by atoms with Crippen LogP contribution in [0, 0.1) is 12.3 Å². The lowest BCUT2D eigenvalue weighted by molar-refractivity contribution is 0.427. The molecule has 0 aromatic rings. The highest BCUT2D eigenvalue weighted by Gasteiger charge is 2.34. The first-order chi connectivity index (χ1) is 7.11. The zero-order valence-corrected chi connectivity index (χ0v) is 9.59. The fraction of sp³-hybridized carbons (Fsp3) is 0.800. The number of nitrogens with one attached hydrogen (secondary N) is 1. The maximum absolute atomic E-state index is 11.8. The smallest absolute Gasteiger partial charge is 0.154 e. The van der Waals surface area contributed by atoms with Crippen LogP contribution in [0.25, 0.3) is 0 Å². The highest BCUT2D eigenvalue weighted by molar-refractivity contribution is 7.92. The summed E-state index contributed by atoms with van der Waals surface area (Å²) in [5, 5.41) is -0.357. The number of sulfone groups is 1. The van der Waals surface area contributed by atoms with E-state index in [0.717, 1.165) is 12.8 Å². The normalized spacial score (nSPS) is 26.8. The van der Waals surface area contributed by atoms with E-state index < -0.39 is 9.84 Å². The number of terminal acetylenes is 1. The van der Waals surface area contributed by atoms with Gasteiger partial charge in [0.15, 0.2) is 9.84 Å². The molecule has 1 aliphatic heterocycles. The lowest BCUT2D eigenvalue weighted by atomic mass is 10.0. The fourth-order valence-corrected chi connectivity index (χ4v) is 4.20. The van der Waals surface area contributed by atoms with Gasteiger partial charge in [-0.15, -0.1) is 12.3 Å². The maximum atomic E-state index is 11.8. The number of hydrogen-bond donors (Lipinski definition) is 2. The monoisotopic (exact) mass is 230 g/mol. The van der Waals surface area contributed by atoms with E-state index in [1.54, 1.807) is 0 Å². The van der Waals surface area contributed by atoms with E-state index in [0.29, 0.717) is 19.3 Å². The molecule has 86 valence electrons. The summed E-state index contributed by atoms with van der Waals surface area (Å²) >= 11 is 0. The van der Waals surface area contributed by atoms with E-state index in [-0.39, 0.29) is 17.0 Å². The first-order valence-corrected chi connectivity index (χ1v) is 6.94. The molecule has 4 nitrogen and oxygen atoms in total. The Morgan fingerprint density at radius 2 is 2.27 bits per heavy atom. The van der Waals surface area contributed by atoms with Gasteiger partial charge in [0.2, 0.25) is 0 Å². The summed E-state index contributed by atoms with van der Waals surface area (Å²) in [6.07, 6.45) is 8.76. The van der Waals surface area contributed by atoms with Gasteiger partial charge in [0.25, 0.3) is 0 Å². The molecule has 1 aliphatic rings. The van der Waals surface area contributed by atoms with Gasteiger partial charge in [-0.25, -0.2) is 8.42 Å². The summed E-state index contributed by atoms with van der Waals surface area (Å²) in [4.78, 5) is 0. The van der Waals surface area contributed by atoms with Crippen molar-refractivity contribution < 1.29 is 8.42 Å². The summed E-state index contributed by atoms with van der Waals surface area (Å²) in [6, 6.07) is -0.202. The van der Waals surface area contributed by atoms with Crippen molar-refractivity contribution in [1.82, 2.24) is 5.43 Å². The zero-order chi connectivity index (χ0) is 11.3. The molecule has 3 N–H and O–H groups in total. The molecule has 1 saturated heterocycles. The summed E-state index contributed by atoms with van der Waals surface area (Å²) in [7, 11) is -2.98. The fourth-order valence-electron chi connectivity index (χ4n) is 2.05. The van der Waals surface area contributed by atoms with Gasteiger partial charge in [0, 0.05) is 12.5 Å². The molecule has 0 bridgehead atoms. The average Bonchev–Trinajstić information content (AvgIpc) is 2.20. The van der Waals surface area contributed by atoms with Crippen LogP contribution in [0.15, 0.2) is 0 Å². The molecule has 5 heteroatoms. The molecule has 2 atom stereocenters. The van der Waals surface area contributed by atoms with E-state index in [9.17, 15) is 8.42 Å². The highest BCUT2D eigenvalue weighted by atomic mass is 32.2. The number of rotatable bonds is 4. The van der Waals surface area contributed by atoms with Crippen LogP contribution in [0.1, 0.15) is 32.1 Å². The van der Waals surface area contributed by atoms with Gasteiger partial charge in [0.05, 0.1) is 11.0 Å². The molecule has 1 rings (SSSR count). The molecule has 0 amide bonds. The molecule has 0 aromatic carbocycles. The minimum absolute atomic E-state index is 0.202. The summed E-state index contributed by atoms with van der Waals surface area (Å²) < 4.78 is 23.6. The number of nitrogens with two attached hydrogens (primary N) is 1. The quantitative estimate of drug-likeness (QED) is 0.411. The zero-order valence-electron chi connectivity index (χ0n) is 8.78. The molecule has 1 heterocycles. The Kier molecular flexibility index (Phi) is 4.58. The Morgan fingerprint density at radius 3 is 2.80 bits per heavy atom. The molecule has 0 aromatic heterocycles. The van der Waals surface area contributed by atoms with Crippen LogP contribution < -0.4 is 11.3 Å². The highest BCUT2D eigenvalue weighted by Crippen LogP contribution is 2.23.